The van der Waals surface area contributed by atoms with E-state index >= 15 is 0 Å². The zero-order chi connectivity index (χ0) is 17.1. The summed E-state index contributed by atoms with van der Waals surface area (Å²) >= 11 is 1.37. The second-order valence-electron chi connectivity index (χ2n) is 5.55. The van der Waals surface area contributed by atoms with Crippen molar-refractivity contribution < 1.29 is 9.59 Å². The number of amides is 2. The molecule has 3 rings (SSSR count). The number of hydrogen-bond donors (Lipinski definition) is 1. The Kier molecular flexibility index (Phi) is 4.92. The highest BCUT2D eigenvalue weighted by atomic mass is 32.1. The summed E-state index contributed by atoms with van der Waals surface area (Å²) < 4.78 is 0. The SMILES string of the molecule is CCN(C(=O)c1csc(CN)n1)C1CCN(c2ccccc2)C1=O. The van der Waals surface area contributed by atoms with Gasteiger partial charge in [-0.15, -0.1) is 11.3 Å². The van der Waals surface area contributed by atoms with Gasteiger partial charge in [-0.1, -0.05) is 18.2 Å². The van der Waals surface area contributed by atoms with Gasteiger partial charge < -0.3 is 15.5 Å². The minimum Gasteiger partial charge on any atom is -0.325 e. The first-order chi connectivity index (χ1) is 11.7. The van der Waals surface area contributed by atoms with Gasteiger partial charge in [0, 0.05) is 30.7 Å². The van der Waals surface area contributed by atoms with Gasteiger partial charge in [0.25, 0.3) is 5.91 Å². The number of carbonyl (C=O) groups is 2. The Morgan fingerprint density at radius 2 is 2.17 bits per heavy atom. The number of para-hydroxylation sites is 1. The summed E-state index contributed by atoms with van der Waals surface area (Å²) in [6, 6.07) is 9.11. The lowest BCUT2D eigenvalue weighted by molar-refractivity contribution is -0.120. The molecule has 1 aliphatic heterocycles. The molecule has 2 heterocycles. The fraction of sp³-hybridized carbons (Fsp3) is 0.353. The third-order valence-corrected chi connectivity index (χ3v) is 5.04. The third kappa shape index (κ3) is 3.05. The Balaban J connectivity index is 1.79. The fourth-order valence-electron chi connectivity index (χ4n) is 2.97. The predicted molar refractivity (Wildman–Crippen MR) is 93.9 cm³/mol. The van der Waals surface area contributed by atoms with Crippen LogP contribution < -0.4 is 10.6 Å². The molecular weight excluding hydrogens is 324 g/mol. The molecule has 24 heavy (non-hydrogen) atoms. The number of benzene rings is 1. The smallest absolute Gasteiger partial charge is 0.274 e. The van der Waals surface area contributed by atoms with Crippen LogP contribution in [0.2, 0.25) is 0 Å². The number of hydrogen-bond acceptors (Lipinski definition) is 5. The third-order valence-electron chi connectivity index (χ3n) is 4.17. The van der Waals surface area contributed by atoms with E-state index in [0.29, 0.717) is 31.7 Å². The van der Waals surface area contributed by atoms with E-state index in [-0.39, 0.29) is 11.8 Å². The Morgan fingerprint density at radius 1 is 1.42 bits per heavy atom. The van der Waals surface area contributed by atoms with Crippen molar-refractivity contribution in [3.63, 3.8) is 0 Å². The Bertz CT molecular complexity index is 731. The molecular formula is C17H20N4O2S. The van der Waals surface area contributed by atoms with Crippen LogP contribution in [0.15, 0.2) is 35.7 Å². The summed E-state index contributed by atoms with van der Waals surface area (Å²) in [6.45, 7) is 3.27. The van der Waals surface area contributed by atoms with Crippen LogP contribution in [-0.4, -0.2) is 40.8 Å². The van der Waals surface area contributed by atoms with Crippen LogP contribution in [0.4, 0.5) is 5.69 Å². The molecule has 0 radical (unpaired) electrons. The maximum atomic E-state index is 12.8. The summed E-state index contributed by atoms with van der Waals surface area (Å²) in [5.41, 5.74) is 6.80. The molecule has 7 heteroatoms. The van der Waals surface area contributed by atoms with E-state index in [2.05, 4.69) is 4.98 Å². The van der Waals surface area contributed by atoms with Gasteiger partial charge in [0.1, 0.15) is 16.7 Å². The van der Waals surface area contributed by atoms with Crippen molar-refractivity contribution in [3.8, 4) is 0 Å². The molecule has 6 nitrogen and oxygen atoms in total. The van der Waals surface area contributed by atoms with Gasteiger partial charge in [0.15, 0.2) is 0 Å². The van der Waals surface area contributed by atoms with Gasteiger partial charge in [-0.3, -0.25) is 9.59 Å². The van der Waals surface area contributed by atoms with Crippen LogP contribution in [0.25, 0.3) is 0 Å². The lowest BCUT2D eigenvalue weighted by atomic mass is 10.2. The van der Waals surface area contributed by atoms with Crippen molar-refractivity contribution in [2.75, 3.05) is 18.0 Å². The molecule has 1 unspecified atom stereocenters. The van der Waals surface area contributed by atoms with Gasteiger partial charge >= 0.3 is 0 Å². The second-order valence-corrected chi connectivity index (χ2v) is 6.49. The maximum Gasteiger partial charge on any atom is 0.274 e. The number of rotatable bonds is 5. The fourth-order valence-corrected chi connectivity index (χ4v) is 3.62. The summed E-state index contributed by atoms with van der Waals surface area (Å²) in [5, 5.41) is 2.43. The first-order valence-corrected chi connectivity index (χ1v) is 8.85. The molecule has 0 aliphatic carbocycles. The minimum absolute atomic E-state index is 0.0364. The van der Waals surface area contributed by atoms with Gasteiger partial charge in [-0.2, -0.15) is 0 Å². The van der Waals surface area contributed by atoms with Crippen LogP contribution in [0.5, 0.6) is 0 Å². The van der Waals surface area contributed by atoms with E-state index in [1.807, 2.05) is 37.3 Å². The maximum absolute atomic E-state index is 12.8. The minimum atomic E-state index is -0.439. The Morgan fingerprint density at radius 3 is 2.79 bits per heavy atom. The number of anilines is 1. The average Bonchev–Trinajstić information content (AvgIpc) is 3.24. The highest BCUT2D eigenvalue weighted by Crippen LogP contribution is 2.25. The molecule has 0 saturated carbocycles. The van der Waals surface area contributed by atoms with Gasteiger partial charge in [-0.25, -0.2) is 4.98 Å². The van der Waals surface area contributed by atoms with E-state index in [9.17, 15) is 9.59 Å². The van der Waals surface area contributed by atoms with E-state index in [1.54, 1.807) is 15.2 Å². The molecule has 1 saturated heterocycles. The first-order valence-electron chi connectivity index (χ1n) is 7.97. The number of carbonyl (C=O) groups excluding carboxylic acids is 2. The highest BCUT2D eigenvalue weighted by Gasteiger charge is 2.38. The van der Waals surface area contributed by atoms with Crippen LogP contribution in [-0.2, 0) is 11.3 Å². The Hall–Kier alpha value is -2.25. The summed E-state index contributed by atoms with van der Waals surface area (Å²) in [4.78, 5) is 33.1. The summed E-state index contributed by atoms with van der Waals surface area (Å²) in [5.74, 6) is -0.243. The number of aromatic nitrogens is 1. The van der Waals surface area contributed by atoms with E-state index < -0.39 is 6.04 Å². The molecule has 1 aromatic heterocycles. The van der Waals surface area contributed by atoms with E-state index in [4.69, 9.17) is 5.73 Å². The van der Waals surface area contributed by atoms with Crippen LogP contribution in [0.3, 0.4) is 0 Å². The molecule has 2 amide bonds. The molecule has 0 spiro atoms. The predicted octanol–water partition coefficient (Wildman–Crippen LogP) is 1.87. The van der Waals surface area contributed by atoms with Gasteiger partial charge in [0.2, 0.25) is 5.91 Å². The monoisotopic (exact) mass is 344 g/mol. The van der Waals surface area contributed by atoms with Crippen LogP contribution in [0, 0.1) is 0 Å². The Labute approximate surface area is 144 Å². The van der Waals surface area contributed by atoms with Crippen molar-refractivity contribution in [2.45, 2.75) is 25.9 Å². The van der Waals surface area contributed by atoms with Crippen molar-refractivity contribution in [1.29, 1.82) is 0 Å². The average molecular weight is 344 g/mol. The van der Waals surface area contributed by atoms with Gasteiger partial charge in [-0.05, 0) is 25.5 Å². The second kappa shape index (κ2) is 7.11. The van der Waals surface area contributed by atoms with Crippen molar-refractivity contribution >= 4 is 28.8 Å². The highest BCUT2D eigenvalue weighted by molar-refractivity contribution is 7.09. The normalized spacial score (nSPS) is 17.3. The molecule has 1 aliphatic rings. The zero-order valence-electron chi connectivity index (χ0n) is 13.5. The number of thiazole rings is 1. The molecule has 126 valence electrons. The number of likely N-dealkylation sites (N-methyl/N-ethyl adjacent to an activating group) is 1. The van der Waals surface area contributed by atoms with E-state index in [0.717, 1.165) is 10.7 Å². The first kappa shape index (κ1) is 16.6. The molecule has 2 N–H and O–H groups in total. The van der Waals surface area contributed by atoms with Gasteiger partial charge in [0.05, 0.1) is 0 Å². The van der Waals surface area contributed by atoms with Crippen LogP contribution >= 0.6 is 11.3 Å². The van der Waals surface area contributed by atoms with Crippen molar-refractivity contribution in [2.24, 2.45) is 5.73 Å². The lowest BCUT2D eigenvalue weighted by Crippen LogP contribution is -2.45. The standard InChI is InChI=1S/C17H20N4O2S/c1-2-20(16(22)13-11-24-15(10-18)19-13)14-8-9-21(17(14)23)12-6-4-3-5-7-12/h3-7,11,14H,2,8-10,18H2,1H3. The number of nitrogens with two attached hydrogens (primary N) is 1. The van der Waals surface area contributed by atoms with Crippen molar-refractivity contribution in [3.05, 3.63) is 46.4 Å². The topological polar surface area (TPSA) is 79.5 Å². The quantitative estimate of drug-likeness (QED) is 0.898. The van der Waals surface area contributed by atoms with Crippen LogP contribution in [0.1, 0.15) is 28.8 Å². The van der Waals surface area contributed by atoms with Crippen molar-refractivity contribution in [1.82, 2.24) is 9.88 Å². The molecule has 1 fully saturated rings. The molecule has 1 aromatic carbocycles. The summed E-state index contributed by atoms with van der Waals surface area (Å²) in [6.07, 6.45) is 0.626. The largest absolute Gasteiger partial charge is 0.325 e. The lowest BCUT2D eigenvalue weighted by Gasteiger charge is -2.26. The number of nitrogens with zero attached hydrogens (tertiary/aromatic N) is 3. The molecule has 1 atom stereocenters. The van der Waals surface area contributed by atoms with E-state index in [1.165, 1.54) is 11.3 Å². The molecule has 2 aromatic rings. The summed E-state index contributed by atoms with van der Waals surface area (Å²) in [7, 11) is 0. The molecule has 0 bridgehead atoms. The zero-order valence-corrected chi connectivity index (χ0v) is 14.3.